The summed E-state index contributed by atoms with van der Waals surface area (Å²) < 4.78 is 16.1. The molecule has 0 aromatic rings. The Hall–Kier alpha value is -1.92. The van der Waals surface area contributed by atoms with Gasteiger partial charge in [0.15, 0.2) is 6.10 Å². The lowest BCUT2D eigenvalue weighted by Gasteiger charge is -2.19. The van der Waals surface area contributed by atoms with Crippen LogP contribution in [0.1, 0.15) is 144 Å². The molecule has 0 bridgehead atoms. The summed E-state index contributed by atoms with van der Waals surface area (Å²) in [5.41, 5.74) is -0.444. The van der Waals surface area contributed by atoms with Gasteiger partial charge in [-0.1, -0.05) is 98.8 Å². The van der Waals surface area contributed by atoms with E-state index in [1.54, 1.807) is 0 Å². The minimum absolute atomic E-state index is 0.0791. The van der Waals surface area contributed by atoms with Crippen LogP contribution in [0.15, 0.2) is 0 Å². The van der Waals surface area contributed by atoms with E-state index in [1.807, 2.05) is 20.8 Å². The molecule has 0 aliphatic rings. The predicted octanol–water partition coefficient (Wildman–Crippen LogP) is 7.27. The molecule has 0 radical (unpaired) electrons. The third kappa shape index (κ3) is 21.8. The molecule has 37 heavy (non-hydrogen) atoms. The summed E-state index contributed by atoms with van der Waals surface area (Å²) in [6, 6.07) is 0. The zero-order valence-electron chi connectivity index (χ0n) is 24.4. The first kappa shape index (κ1) is 35.1. The molecule has 0 N–H and O–H groups in total. The molecular formula is C30H54O7. The van der Waals surface area contributed by atoms with Crippen LogP contribution in [0.5, 0.6) is 0 Å². The average Bonchev–Trinajstić information content (AvgIpc) is 2.84. The number of esters is 3. The highest BCUT2D eigenvalue weighted by atomic mass is 16.6. The molecule has 0 fully saturated rings. The lowest BCUT2D eigenvalue weighted by Crippen LogP contribution is -2.31. The van der Waals surface area contributed by atoms with Crippen LogP contribution in [0.25, 0.3) is 0 Å². The van der Waals surface area contributed by atoms with Crippen molar-refractivity contribution in [3.05, 3.63) is 0 Å². The van der Waals surface area contributed by atoms with Crippen molar-refractivity contribution < 1.29 is 33.4 Å². The van der Waals surface area contributed by atoms with E-state index in [-0.39, 0.29) is 37.4 Å². The minimum atomic E-state index is -0.854. The van der Waals surface area contributed by atoms with Crippen molar-refractivity contribution in [2.45, 2.75) is 150 Å². The normalized spacial score (nSPS) is 11.4. The third-order valence-corrected chi connectivity index (χ3v) is 6.25. The maximum atomic E-state index is 12.4. The number of ether oxygens (including phenoxy) is 3. The number of ketones is 1. The highest BCUT2D eigenvalue weighted by molar-refractivity contribution is 5.84. The lowest BCUT2D eigenvalue weighted by molar-refractivity contribution is -0.167. The van der Waals surface area contributed by atoms with Crippen LogP contribution in [0.2, 0.25) is 0 Å². The van der Waals surface area contributed by atoms with Crippen molar-refractivity contribution in [3.8, 4) is 0 Å². The Bertz CT molecular complexity index is 604. The highest BCUT2D eigenvalue weighted by Crippen LogP contribution is 2.18. The average molecular weight is 527 g/mol. The van der Waals surface area contributed by atoms with Gasteiger partial charge in [-0.15, -0.1) is 0 Å². The molecule has 0 unspecified atom stereocenters. The van der Waals surface area contributed by atoms with Crippen molar-refractivity contribution in [1.82, 2.24) is 0 Å². The maximum Gasteiger partial charge on any atom is 0.306 e. The van der Waals surface area contributed by atoms with Crippen molar-refractivity contribution >= 4 is 23.7 Å². The highest BCUT2D eigenvalue weighted by Gasteiger charge is 2.22. The Morgan fingerprint density at radius 2 is 0.946 bits per heavy atom. The first-order valence-corrected chi connectivity index (χ1v) is 14.6. The molecule has 0 aromatic carbocycles. The molecule has 7 heteroatoms. The molecule has 0 amide bonds. The van der Waals surface area contributed by atoms with E-state index >= 15 is 0 Å². The number of hydrogen-bond acceptors (Lipinski definition) is 7. The van der Waals surface area contributed by atoms with Crippen LogP contribution in [0, 0.1) is 5.41 Å². The van der Waals surface area contributed by atoms with Crippen LogP contribution >= 0.6 is 0 Å². The van der Waals surface area contributed by atoms with Crippen molar-refractivity contribution in [2.75, 3.05) is 13.2 Å². The molecular weight excluding hydrogens is 472 g/mol. The molecule has 0 aromatic heterocycles. The molecule has 0 aliphatic carbocycles. The number of hydrogen-bond donors (Lipinski definition) is 0. The quantitative estimate of drug-likeness (QED) is 0.0784. The standard InChI is InChI=1S/C30H54O7/c1-6-8-10-12-14-16-20-27(32)35-23-25(24-36-28(33)21-17-15-13-11-9-7-2)37-29(34)22-18-19-26(31)30(3,4)5/h25H,6-24H2,1-5H3. The van der Waals surface area contributed by atoms with E-state index in [4.69, 9.17) is 14.2 Å². The van der Waals surface area contributed by atoms with Gasteiger partial charge >= 0.3 is 17.9 Å². The van der Waals surface area contributed by atoms with Crippen LogP contribution < -0.4 is 0 Å². The molecule has 0 atom stereocenters. The Morgan fingerprint density at radius 1 is 0.541 bits per heavy atom. The molecule has 0 aliphatic heterocycles. The van der Waals surface area contributed by atoms with Crippen LogP contribution in [0.4, 0.5) is 0 Å². The van der Waals surface area contributed by atoms with Crippen LogP contribution in [-0.4, -0.2) is 43.0 Å². The summed E-state index contributed by atoms with van der Waals surface area (Å²) in [7, 11) is 0. The summed E-state index contributed by atoms with van der Waals surface area (Å²) in [5.74, 6) is -1.09. The maximum absolute atomic E-state index is 12.4. The van der Waals surface area contributed by atoms with Gasteiger partial charge in [0.25, 0.3) is 0 Å². The van der Waals surface area contributed by atoms with Crippen molar-refractivity contribution in [1.29, 1.82) is 0 Å². The van der Waals surface area contributed by atoms with Gasteiger partial charge in [-0.2, -0.15) is 0 Å². The monoisotopic (exact) mass is 526 g/mol. The summed E-state index contributed by atoms with van der Waals surface area (Å²) in [4.78, 5) is 48.7. The second-order valence-corrected chi connectivity index (χ2v) is 11.0. The minimum Gasteiger partial charge on any atom is -0.462 e. The van der Waals surface area contributed by atoms with Gasteiger partial charge in [0.1, 0.15) is 19.0 Å². The first-order valence-electron chi connectivity index (χ1n) is 14.6. The van der Waals surface area contributed by atoms with Gasteiger partial charge in [0, 0.05) is 31.1 Å². The Kier molecular flexibility index (Phi) is 21.0. The fourth-order valence-electron chi connectivity index (χ4n) is 3.74. The van der Waals surface area contributed by atoms with Gasteiger partial charge in [-0.05, 0) is 19.3 Å². The molecule has 0 rings (SSSR count). The number of carbonyl (C=O) groups is 4. The summed E-state index contributed by atoms with van der Waals surface area (Å²) in [6.45, 7) is 9.58. The smallest absolute Gasteiger partial charge is 0.306 e. The Balaban J connectivity index is 4.53. The molecule has 7 nitrogen and oxygen atoms in total. The van der Waals surface area contributed by atoms with Crippen LogP contribution in [-0.2, 0) is 33.4 Å². The predicted molar refractivity (Wildman–Crippen MR) is 146 cm³/mol. The largest absolute Gasteiger partial charge is 0.462 e. The first-order chi connectivity index (χ1) is 17.6. The van der Waals surface area contributed by atoms with Gasteiger partial charge in [0.2, 0.25) is 0 Å². The molecule has 0 spiro atoms. The lowest BCUT2D eigenvalue weighted by atomic mass is 9.88. The van der Waals surface area contributed by atoms with Gasteiger partial charge < -0.3 is 14.2 Å². The number of carbonyl (C=O) groups excluding carboxylic acids is 4. The van der Waals surface area contributed by atoms with E-state index in [2.05, 4.69) is 13.8 Å². The zero-order chi connectivity index (χ0) is 27.9. The summed E-state index contributed by atoms with van der Waals surface area (Å²) in [5, 5.41) is 0. The van der Waals surface area contributed by atoms with Crippen LogP contribution in [0.3, 0.4) is 0 Å². The third-order valence-electron chi connectivity index (χ3n) is 6.25. The fourth-order valence-corrected chi connectivity index (χ4v) is 3.74. The molecule has 0 saturated heterocycles. The van der Waals surface area contributed by atoms with E-state index < -0.39 is 17.5 Å². The fraction of sp³-hybridized carbons (Fsp3) is 0.867. The molecule has 216 valence electrons. The van der Waals surface area contributed by atoms with E-state index in [0.717, 1.165) is 38.5 Å². The second-order valence-electron chi connectivity index (χ2n) is 11.0. The van der Waals surface area contributed by atoms with Crippen molar-refractivity contribution in [2.24, 2.45) is 5.41 Å². The topological polar surface area (TPSA) is 96.0 Å². The number of unbranched alkanes of at least 4 members (excludes halogenated alkanes) is 10. The number of rotatable bonds is 23. The Labute approximate surface area is 225 Å². The van der Waals surface area contributed by atoms with Crippen molar-refractivity contribution in [3.63, 3.8) is 0 Å². The summed E-state index contributed by atoms with van der Waals surface area (Å²) in [6.07, 6.45) is 13.4. The second kappa shape index (κ2) is 22.1. The van der Waals surface area contributed by atoms with E-state index in [1.165, 1.54) is 38.5 Å². The molecule has 0 saturated carbocycles. The van der Waals surface area contributed by atoms with Gasteiger partial charge in [0.05, 0.1) is 0 Å². The van der Waals surface area contributed by atoms with Gasteiger partial charge in [-0.3, -0.25) is 19.2 Å². The van der Waals surface area contributed by atoms with E-state index in [9.17, 15) is 19.2 Å². The Morgan fingerprint density at radius 3 is 1.38 bits per heavy atom. The van der Waals surface area contributed by atoms with E-state index in [0.29, 0.717) is 25.7 Å². The number of Topliss-reactive ketones (excluding diaryl/α,β-unsaturated/α-hetero) is 1. The SMILES string of the molecule is CCCCCCCCC(=O)OCC(COC(=O)CCCCCCCC)OC(=O)CCCC(=O)C(C)(C)C. The summed E-state index contributed by atoms with van der Waals surface area (Å²) >= 11 is 0. The zero-order valence-corrected chi connectivity index (χ0v) is 24.4. The molecule has 0 heterocycles. The van der Waals surface area contributed by atoms with Gasteiger partial charge in [-0.25, -0.2) is 0 Å².